The summed E-state index contributed by atoms with van der Waals surface area (Å²) in [7, 11) is 0. The summed E-state index contributed by atoms with van der Waals surface area (Å²) in [6.07, 6.45) is 2.89. The average Bonchev–Trinajstić information content (AvgIpc) is 2.89. The van der Waals surface area contributed by atoms with E-state index < -0.39 is 0 Å². The van der Waals surface area contributed by atoms with Gasteiger partial charge < -0.3 is 19.1 Å². The lowest BCUT2D eigenvalue weighted by atomic mass is 10.1. The number of rotatable bonds is 6. The molecule has 6 nitrogen and oxygen atoms in total. The number of hydrogen-bond donors (Lipinski definition) is 1. The van der Waals surface area contributed by atoms with Gasteiger partial charge in [0.05, 0.1) is 18.7 Å². The molecule has 0 atom stereocenters. The molecule has 1 amide bonds. The van der Waals surface area contributed by atoms with E-state index in [1.165, 1.54) is 0 Å². The van der Waals surface area contributed by atoms with Gasteiger partial charge in [0.25, 0.3) is 5.91 Å². The fourth-order valence-electron chi connectivity index (χ4n) is 3.00. The van der Waals surface area contributed by atoms with E-state index in [0.717, 1.165) is 55.1 Å². The van der Waals surface area contributed by atoms with Gasteiger partial charge in [-0.2, -0.15) is 0 Å². The minimum absolute atomic E-state index is 0.121. The highest BCUT2D eigenvalue weighted by molar-refractivity contribution is 8.00. The standard InChI is InChI=1S/C19H17N3O2S.C5H12O.C2H6/c23-19(21-16-5-8-18-15(12-16)2-1-9-20-18)14-3-6-17(7-4-14)22-10-11-24-13-25-22;1-3-5-6-4-2;1-2/h1-9,12H,10-11,13H2,(H,21,23);3-5H2,1-2H3;1-2H3. The lowest BCUT2D eigenvalue weighted by Crippen LogP contribution is -2.26. The molecular weight excluding hydrogens is 434 g/mol. The largest absolute Gasteiger partial charge is 0.382 e. The third-order valence-electron chi connectivity index (χ3n) is 4.56. The van der Waals surface area contributed by atoms with Crippen LogP contribution in [0.4, 0.5) is 11.4 Å². The van der Waals surface area contributed by atoms with Crippen LogP contribution in [-0.4, -0.2) is 43.2 Å². The smallest absolute Gasteiger partial charge is 0.255 e. The number of carbonyl (C=O) groups is 1. The van der Waals surface area contributed by atoms with E-state index in [4.69, 9.17) is 9.47 Å². The highest BCUT2D eigenvalue weighted by Gasteiger charge is 2.13. The van der Waals surface area contributed by atoms with E-state index in [1.807, 2.05) is 75.4 Å². The maximum atomic E-state index is 12.5. The molecule has 0 bridgehead atoms. The second kappa shape index (κ2) is 15.3. The highest BCUT2D eigenvalue weighted by atomic mass is 32.2. The number of aromatic nitrogens is 1. The number of pyridine rings is 1. The molecule has 1 aliphatic rings. The number of ether oxygens (including phenoxy) is 2. The minimum atomic E-state index is -0.121. The maximum absolute atomic E-state index is 12.5. The van der Waals surface area contributed by atoms with E-state index in [9.17, 15) is 4.79 Å². The molecule has 4 rings (SSSR count). The predicted molar refractivity (Wildman–Crippen MR) is 140 cm³/mol. The Morgan fingerprint density at radius 3 is 2.58 bits per heavy atom. The van der Waals surface area contributed by atoms with Crippen LogP contribution < -0.4 is 9.62 Å². The lowest BCUT2D eigenvalue weighted by Gasteiger charge is -2.27. The molecule has 33 heavy (non-hydrogen) atoms. The molecule has 2 aromatic carbocycles. The molecule has 2 heterocycles. The highest BCUT2D eigenvalue weighted by Crippen LogP contribution is 2.25. The number of amides is 1. The van der Waals surface area contributed by atoms with Gasteiger partial charge in [-0.1, -0.05) is 26.8 Å². The Hall–Kier alpha value is -2.61. The third kappa shape index (κ3) is 8.68. The number of nitrogens with one attached hydrogen (secondary N) is 1. The van der Waals surface area contributed by atoms with E-state index in [1.54, 1.807) is 18.1 Å². The first-order valence-corrected chi connectivity index (χ1v) is 12.5. The molecule has 7 heteroatoms. The quantitative estimate of drug-likeness (QED) is 0.333. The SMILES string of the molecule is CC.CCCOCC.O=C(Nc1ccc2ncccc2c1)c1ccc(N2CCOCS2)cc1. The molecule has 178 valence electrons. The minimum Gasteiger partial charge on any atom is -0.382 e. The van der Waals surface area contributed by atoms with Gasteiger partial charge in [0, 0.05) is 41.7 Å². The molecule has 0 aliphatic carbocycles. The maximum Gasteiger partial charge on any atom is 0.255 e. The fraction of sp³-hybridized carbons (Fsp3) is 0.385. The van der Waals surface area contributed by atoms with Crippen LogP contribution in [0.2, 0.25) is 0 Å². The molecule has 0 saturated carbocycles. The summed E-state index contributed by atoms with van der Waals surface area (Å²) in [5.74, 6) is 0.545. The van der Waals surface area contributed by atoms with Gasteiger partial charge in [-0.15, -0.1) is 0 Å². The normalized spacial score (nSPS) is 12.8. The van der Waals surface area contributed by atoms with Crippen molar-refractivity contribution in [3.05, 3.63) is 66.4 Å². The van der Waals surface area contributed by atoms with Crippen LogP contribution in [0.25, 0.3) is 10.9 Å². The molecule has 1 N–H and O–H groups in total. The van der Waals surface area contributed by atoms with E-state index in [-0.39, 0.29) is 5.91 Å². The Labute approximate surface area is 201 Å². The van der Waals surface area contributed by atoms with Crippen LogP contribution in [0.15, 0.2) is 60.8 Å². The number of anilines is 2. The summed E-state index contributed by atoms with van der Waals surface area (Å²) in [5, 5.41) is 3.94. The Bertz CT molecular complexity index is 956. The van der Waals surface area contributed by atoms with Crippen LogP contribution in [0.5, 0.6) is 0 Å². The van der Waals surface area contributed by atoms with Crippen LogP contribution in [0.1, 0.15) is 44.5 Å². The topological polar surface area (TPSA) is 63.7 Å². The van der Waals surface area contributed by atoms with Crippen molar-refractivity contribution < 1.29 is 14.3 Å². The summed E-state index contributed by atoms with van der Waals surface area (Å²) < 4.78 is 12.5. The monoisotopic (exact) mass is 469 g/mol. The molecule has 1 aliphatic heterocycles. The zero-order valence-electron chi connectivity index (χ0n) is 20.0. The van der Waals surface area contributed by atoms with Crippen LogP contribution in [0.3, 0.4) is 0 Å². The Balaban J connectivity index is 0.000000421. The van der Waals surface area contributed by atoms with Gasteiger partial charge >= 0.3 is 0 Å². The molecule has 1 fully saturated rings. The summed E-state index contributed by atoms with van der Waals surface area (Å²) >= 11 is 1.64. The number of nitrogens with zero attached hydrogens (tertiary/aromatic N) is 2. The van der Waals surface area contributed by atoms with Crippen molar-refractivity contribution in [1.82, 2.24) is 4.98 Å². The summed E-state index contributed by atoms with van der Waals surface area (Å²) in [5.41, 5.74) is 3.39. The Morgan fingerprint density at radius 1 is 1.15 bits per heavy atom. The molecule has 0 spiro atoms. The molecule has 0 unspecified atom stereocenters. The number of hydrogen-bond acceptors (Lipinski definition) is 6. The van der Waals surface area contributed by atoms with Crippen LogP contribution in [0, 0.1) is 0 Å². The van der Waals surface area contributed by atoms with Gasteiger partial charge in [0.1, 0.15) is 5.94 Å². The number of benzene rings is 2. The summed E-state index contributed by atoms with van der Waals surface area (Å²) in [6, 6.07) is 17.2. The predicted octanol–water partition coefficient (Wildman–Crippen LogP) is 6.39. The zero-order valence-corrected chi connectivity index (χ0v) is 20.9. The van der Waals surface area contributed by atoms with Gasteiger partial charge in [-0.3, -0.25) is 9.78 Å². The van der Waals surface area contributed by atoms with Crippen molar-refractivity contribution in [2.45, 2.75) is 34.1 Å². The van der Waals surface area contributed by atoms with Gasteiger partial charge in [0.2, 0.25) is 0 Å². The Kier molecular flexibility index (Phi) is 12.3. The molecule has 1 saturated heterocycles. The van der Waals surface area contributed by atoms with E-state index >= 15 is 0 Å². The summed E-state index contributed by atoms with van der Waals surface area (Å²) in [4.78, 5) is 16.8. The second-order valence-corrected chi connectivity index (χ2v) is 7.80. The van der Waals surface area contributed by atoms with Crippen LogP contribution in [-0.2, 0) is 9.47 Å². The Morgan fingerprint density at radius 2 is 1.94 bits per heavy atom. The first-order valence-electron chi connectivity index (χ1n) is 11.5. The molecule has 1 aromatic heterocycles. The van der Waals surface area contributed by atoms with Crippen molar-refractivity contribution in [2.24, 2.45) is 0 Å². The average molecular weight is 470 g/mol. The lowest BCUT2D eigenvalue weighted by molar-refractivity contribution is 0.102. The number of carbonyl (C=O) groups excluding carboxylic acids is 1. The first kappa shape index (κ1) is 26.6. The second-order valence-electron chi connectivity index (χ2n) is 6.87. The van der Waals surface area contributed by atoms with Crippen molar-refractivity contribution in [3.63, 3.8) is 0 Å². The van der Waals surface area contributed by atoms with Crippen molar-refractivity contribution in [2.75, 3.05) is 41.9 Å². The number of fused-ring (bicyclic) bond motifs is 1. The third-order valence-corrected chi connectivity index (χ3v) is 5.54. The molecule has 3 aromatic rings. The van der Waals surface area contributed by atoms with Gasteiger partial charge in [0.15, 0.2) is 0 Å². The van der Waals surface area contributed by atoms with Crippen molar-refractivity contribution in [3.8, 4) is 0 Å². The van der Waals surface area contributed by atoms with Crippen LogP contribution >= 0.6 is 11.9 Å². The molecule has 0 radical (unpaired) electrons. The van der Waals surface area contributed by atoms with Gasteiger partial charge in [-0.05, 0) is 73.8 Å². The van der Waals surface area contributed by atoms with E-state index in [0.29, 0.717) is 11.5 Å². The summed E-state index contributed by atoms with van der Waals surface area (Å²) in [6.45, 7) is 11.5. The van der Waals surface area contributed by atoms with Crippen molar-refractivity contribution in [1.29, 1.82) is 0 Å². The fourth-order valence-corrected chi connectivity index (χ4v) is 3.79. The molecular formula is C26H35N3O3S. The zero-order chi connectivity index (χ0) is 23.9. The first-order chi connectivity index (χ1) is 16.2. The van der Waals surface area contributed by atoms with Gasteiger partial charge in [-0.25, -0.2) is 0 Å². The van der Waals surface area contributed by atoms with E-state index in [2.05, 4.69) is 21.5 Å². The van der Waals surface area contributed by atoms with Crippen molar-refractivity contribution >= 4 is 40.1 Å².